The predicted molar refractivity (Wildman–Crippen MR) is 68.1 cm³/mol. The summed E-state index contributed by atoms with van der Waals surface area (Å²) in [6.45, 7) is 2.42. The van der Waals surface area contributed by atoms with Gasteiger partial charge in [0.05, 0.1) is 25.0 Å². The minimum Gasteiger partial charge on any atom is -0.394 e. The quantitative estimate of drug-likeness (QED) is 0.703. The second-order valence-electron chi connectivity index (χ2n) is 4.10. The van der Waals surface area contributed by atoms with Crippen LogP contribution in [0.2, 0.25) is 0 Å². The van der Waals surface area contributed by atoms with Crippen molar-refractivity contribution in [2.45, 2.75) is 13.5 Å². The smallest absolute Gasteiger partial charge is 0.254 e. The average Bonchev–Trinajstić information content (AvgIpc) is 2.98. The highest BCUT2D eigenvalue weighted by Gasteiger charge is 2.06. The molecule has 0 aliphatic rings. The summed E-state index contributed by atoms with van der Waals surface area (Å²) in [6, 6.07) is 1.88. The van der Waals surface area contributed by atoms with Gasteiger partial charge < -0.3 is 10.4 Å². The normalized spacial score (nSPS) is 11.1. The standard InChI is InChI=1S/C11H13N7O/c1-8-4-10(18-11(15-8)12-7-14-18)16-9-5-13-17(6-9)2-3-19/h4-7,16,19H,2-3H2,1H3. The zero-order valence-corrected chi connectivity index (χ0v) is 10.4. The van der Waals surface area contributed by atoms with Gasteiger partial charge in [-0.25, -0.2) is 4.98 Å². The van der Waals surface area contributed by atoms with E-state index in [9.17, 15) is 0 Å². The fourth-order valence-corrected chi connectivity index (χ4v) is 1.82. The van der Waals surface area contributed by atoms with Gasteiger partial charge in [-0.15, -0.1) is 0 Å². The third-order valence-electron chi connectivity index (χ3n) is 2.61. The number of hydrogen-bond donors (Lipinski definition) is 2. The molecule has 0 bridgehead atoms. The molecule has 0 spiro atoms. The van der Waals surface area contributed by atoms with E-state index in [1.165, 1.54) is 6.33 Å². The number of hydrogen-bond acceptors (Lipinski definition) is 6. The molecule has 0 aliphatic heterocycles. The van der Waals surface area contributed by atoms with Gasteiger partial charge in [0.25, 0.3) is 5.78 Å². The Morgan fingerprint density at radius 2 is 2.26 bits per heavy atom. The van der Waals surface area contributed by atoms with Crippen molar-refractivity contribution in [1.82, 2.24) is 29.4 Å². The van der Waals surface area contributed by atoms with Crippen molar-refractivity contribution >= 4 is 17.3 Å². The van der Waals surface area contributed by atoms with Crippen molar-refractivity contribution in [2.75, 3.05) is 11.9 Å². The van der Waals surface area contributed by atoms with Crippen molar-refractivity contribution in [2.24, 2.45) is 0 Å². The van der Waals surface area contributed by atoms with Gasteiger partial charge in [0.2, 0.25) is 0 Å². The molecule has 3 heterocycles. The van der Waals surface area contributed by atoms with Crippen LogP contribution in [0, 0.1) is 6.92 Å². The summed E-state index contributed by atoms with van der Waals surface area (Å²) >= 11 is 0. The molecule has 3 aromatic heterocycles. The maximum Gasteiger partial charge on any atom is 0.254 e. The first kappa shape index (κ1) is 11.6. The molecule has 3 aromatic rings. The molecule has 0 atom stereocenters. The van der Waals surface area contributed by atoms with E-state index in [1.54, 1.807) is 15.4 Å². The molecule has 8 nitrogen and oxygen atoms in total. The maximum atomic E-state index is 8.86. The summed E-state index contributed by atoms with van der Waals surface area (Å²) < 4.78 is 3.28. The molecule has 8 heteroatoms. The topological polar surface area (TPSA) is 93.2 Å². The van der Waals surface area contributed by atoms with Crippen LogP contribution in [0.1, 0.15) is 5.69 Å². The highest BCUT2D eigenvalue weighted by molar-refractivity contribution is 5.56. The summed E-state index contributed by atoms with van der Waals surface area (Å²) in [5.74, 6) is 1.31. The average molecular weight is 259 g/mol. The molecule has 3 rings (SSSR count). The SMILES string of the molecule is Cc1cc(Nc2cnn(CCO)c2)n2ncnc2n1. The van der Waals surface area contributed by atoms with Gasteiger partial charge in [-0.1, -0.05) is 0 Å². The lowest BCUT2D eigenvalue weighted by molar-refractivity contribution is 0.269. The van der Waals surface area contributed by atoms with Crippen LogP contribution in [0.3, 0.4) is 0 Å². The first-order valence-corrected chi connectivity index (χ1v) is 5.84. The zero-order valence-electron chi connectivity index (χ0n) is 10.4. The number of nitrogens with one attached hydrogen (secondary N) is 1. The molecule has 0 fully saturated rings. The van der Waals surface area contributed by atoms with Crippen molar-refractivity contribution in [1.29, 1.82) is 0 Å². The lowest BCUT2D eigenvalue weighted by Gasteiger charge is -2.06. The third kappa shape index (κ3) is 2.25. The van der Waals surface area contributed by atoms with Gasteiger partial charge in [0, 0.05) is 18.0 Å². The molecule has 0 saturated heterocycles. The number of rotatable bonds is 4. The summed E-state index contributed by atoms with van der Waals surface area (Å²) in [4.78, 5) is 8.33. The largest absolute Gasteiger partial charge is 0.394 e. The summed E-state index contributed by atoms with van der Waals surface area (Å²) in [5, 5.41) is 20.3. The molecular formula is C11H13N7O. The van der Waals surface area contributed by atoms with Crippen molar-refractivity contribution < 1.29 is 5.11 Å². The van der Waals surface area contributed by atoms with E-state index in [1.807, 2.05) is 19.2 Å². The molecular weight excluding hydrogens is 246 g/mol. The Morgan fingerprint density at radius 3 is 3.11 bits per heavy atom. The molecule has 0 amide bonds. The number of aryl methyl sites for hydroxylation is 1. The number of aliphatic hydroxyl groups excluding tert-OH is 1. The Labute approximate surface area is 108 Å². The van der Waals surface area contributed by atoms with Crippen LogP contribution in [-0.4, -0.2) is 41.1 Å². The number of anilines is 2. The van der Waals surface area contributed by atoms with Gasteiger partial charge in [0.15, 0.2) is 0 Å². The van der Waals surface area contributed by atoms with E-state index in [4.69, 9.17) is 5.11 Å². The van der Waals surface area contributed by atoms with Crippen LogP contribution >= 0.6 is 0 Å². The fraction of sp³-hybridized carbons (Fsp3) is 0.273. The zero-order chi connectivity index (χ0) is 13.2. The molecule has 2 N–H and O–H groups in total. The van der Waals surface area contributed by atoms with Crippen LogP contribution in [0.4, 0.5) is 11.5 Å². The van der Waals surface area contributed by atoms with Crippen molar-refractivity contribution in [3.05, 3.63) is 30.5 Å². The maximum absolute atomic E-state index is 8.86. The van der Waals surface area contributed by atoms with Gasteiger partial charge in [0.1, 0.15) is 12.1 Å². The molecule has 0 unspecified atom stereocenters. The summed E-state index contributed by atoms with van der Waals surface area (Å²) in [5.41, 5.74) is 1.67. The molecule has 0 aromatic carbocycles. The van der Waals surface area contributed by atoms with E-state index in [0.29, 0.717) is 12.3 Å². The Hall–Kier alpha value is -2.48. The summed E-state index contributed by atoms with van der Waals surface area (Å²) in [7, 11) is 0. The van der Waals surface area contributed by atoms with Crippen LogP contribution in [0.15, 0.2) is 24.8 Å². The Balaban J connectivity index is 1.93. The van der Waals surface area contributed by atoms with E-state index in [2.05, 4.69) is 25.5 Å². The second-order valence-corrected chi connectivity index (χ2v) is 4.10. The van der Waals surface area contributed by atoms with Crippen LogP contribution in [0.5, 0.6) is 0 Å². The van der Waals surface area contributed by atoms with Gasteiger partial charge >= 0.3 is 0 Å². The van der Waals surface area contributed by atoms with Gasteiger partial charge in [-0.3, -0.25) is 4.68 Å². The Kier molecular flexibility index (Phi) is 2.84. The minimum atomic E-state index is 0.0583. The molecule has 0 radical (unpaired) electrons. The van der Waals surface area contributed by atoms with E-state index >= 15 is 0 Å². The number of nitrogens with zero attached hydrogens (tertiary/aromatic N) is 6. The minimum absolute atomic E-state index is 0.0583. The first-order chi connectivity index (χ1) is 9.26. The molecule has 0 aliphatic carbocycles. The third-order valence-corrected chi connectivity index (χ3v) is 2.61. The first-order valence-electron chi connectivity index (χ1n) is 5.84. The van der Waals surface area contributed by atoms with Crippen LogP contribution < -0.4 is 5.32 Å². The Morgan fingerprint density at radius 1 is 1.37 bits per heavy atom. The van der Waals surface area contributed by atoms with Gasteiger partial charge in [-0.2, -0.15) is 19.7 Å². The number of fused-ring (bicyclic) bond motifs is 1. The van der Waals surface area contributed by atoms with Gasteiger partial charge in [-0.05, 0) is 6.92 Å². The predicted octanol–water partition coefficient (Wildman–Crippen LogP) is 0.365. The second kappa shape index (κ2) is 4.65. The highest BCUT2D eigenvalue weighted by Crippen LogP contribution is 2.16. The highest BCUT2D eigenvalue weighted by atomic mass is 16.3. The molecule has 98 valence electrons. The fourth-order valence-electron chi connectivity index (χ4n) is 1.82. The monoisotopic (exact) mass is 259 g/mol. The van der Waals surface area contributed by atoms with Crippen molar-refractivity contribution in [3.8, 4) is 0 Å². The number of aromatic nitrogens is 6. The van der Waals surface area contributed by atoms with Crippen molar-refractivity contribution in [3.63, 3.8) is 0 Å². The Bertz CT molecular complexity index is 702. The van der Waals surface area contributed by atoms with E-state index in [-0.39, 0.29) is 6.61 Å². The molecule has 19 heavy (non-hydrogen) atoms. The van der Waals surface area contributed by atoms with E-state index in [0.717, 1.165) is 17.2 Å². The molecule has 0 saturated carbocycles. The number of aliphatic hydroxyl groups is 1. The lowest BCUT2D eigenvalue weighted by atomic mass is 10.4. The van der Waals surface area contributed by atoms with E-state index < -0.39 is 0 Å². The van der Waals surface area contributed by atoms with Crippen LogP contribution in [-0.2, 0) is 6.54 Å². The summed E-state index contributed by atoms with van der Waals surface area (Å²) in [6.07, 6.45) is 4.96. The van der Waals surface area contributed by atoms with Crippen LogP contribution in [0.25, 0.3) is 5.78 Å². The lowest BCUT2D eigenvalue weighted by Crippen LogP contribution is -2.03.